The fraction of sp³-hybridized carbons (Fsp3) is 0.435. The molecule has 5 nitrogen and oxygen atoms in total. The molecule has 2 aromatic carbocycles. The summed E-state index contributed by atoms with van der Waals surface area (Å²) in [5.41, 5.74) is 2.21. The lowest BCUT2D eigenvalue weighted by molar-refractivity contribution is 0.0996. The SMILES string of the molecule is COc1ccc(N2Cc3cc(Cl)c(Cl)cc3C2=O)cc1OCCN1CCC(C)CC1.Cl. The van der Waals surface area contributed by atoms with Gasteiger partial charge in [-0.15, -0.1) is 12.4 Å². The number of piperidine rings is 1. The molecule has 0 atom stereocenters. The lowest BCUT2D eigenvalue weighted by atomic mass is 9.99. The Kier molecular flexibility index (Phi) is 7.98. The van der Waals surface area contributed by atoms with Gasteiger partial charge in [-0.3, -0.25) is 9.69 Å². The summed E-state index contributed by atoms with van der Waals surface area (Å²) in [7, 11) is 1.62. The van der Waals surface area contributed by atoms with Crippen LogP contribution in [0.3, 0.4) is 0 Å². The van der Waals surface area contributed by atoms with Crippen LogP contribution < -0.4 is 14.4 Å². The van der Waals surface area contributed by atoms with Crippen molar-refractivity contribution in [1.82, 2.24) is 4.90 Å². The molecule has 2 aliphatic heterocycles. The van der Waals surface area contributed by atoms with E-state index in [0.29, 0.717) is 40.3 Å². The first-order chi connectivity index (χ1) is 14.5. The van der Waals surface area contributed by atoms with E-state index in [1.165, 1.54) is 12.8 Å². The summed E-state index contributed by atoms with van der Waals surface area (Å²) in [6.07, 6.45) is 2.48. The van der Waals surface area contributed by atoms with Gasteiger partial charge in [0.15, 0.2) is 11.5 Å². The maximum Gasteiger partial charge on any atom is 0.258 e. The van der Waals surface area contributed by atoms with Crippen LogP contribution in [0.4, 0.5) is 5.69 Å². The minimum atomic E-state index is -0.0953. The van der Waals surface area contributed by atoms with E-state index in [-0.39, 0.29) is 18.3 Å². The number of rotatable bonds is 6. The third-order valence-corrected chi connectivity index (χ3v) is 6.67. The lowest BCUT2D eigenvalue weighted by Crippen LogP contribution is -2.35. The number of methoxy groups -OCH3 is 1. The van der Waals surface area contributed by atoms with Crippen LogP contribution in [-0.2, 0) is 6.54 Å². The van der Waals surface area contributed by atoms with Gasteiger partial charge in [-0.1, -0.05) is 30.1 Å². The van der Waals surface area contributed by atoms with Crippen LogP contribution >= 0.6 is 35.6 Å². The van der Waals surface area contributed by atoms with E-state index in [2.05, 4.69) is 11.8 Å². The molecule has 2 heterocycles. The number of ether oxygens (including phenoxy) is 2. The van der Waals surface area contributed by atoms with Crippen molar-refractivity contribution in [2.75, 3.05) is 38.3 Å². The van der Waals surface area contributed by atoms with Gasteiger partial charge in [0.2, 0.25) is 0 Å². The number of carbonyl (C=O) groups is 1. The van der Waals surface area contributed by atoms with Crippen molar-refractivity contribution >= 4 is 47.2 Å². The van der Waals surface area contributed by atoms with Gasteiger partial charge in [-0.2, -0.15) is 0 Å². The number of anilines is 1. The smallest absolute Gasteiger partial charge is 0.258 e. The Bertz CT molecular complexity index is 946. The van der Waals surface area contributed by atoms with Crippen LogP contribution in [0.5, 0.6) is 11.5 Å². The van der Waals surface area contributed by atoms with Gasteiger partial charge < -0.3 is 14.4 Å². The zero-order chi connectivity index (χ0) is 21.3. The van der Waals surface area contributed by atoms with Crippen molar-refractivity contribution in [3.8, 4) is 11.5 Å². The van der Waals surface area contributed by atoms with E-state index in [4.69, 9.17) is 32.7 Å². The van der Waals surface area contributed by atoms with Crippen molar-refractivity contribution < 1.29 is 14.3 Å². The molecule has 0 aliphatic carbocycles. The molecule has 1 saturated heterocycles. The molecule has 1 amide bonds. The predicted molar refractivity (Wildman–Crippen MR) is 128 cm³/mol. The van der Waals surface area contributed by atoms with Gasteiger partial charge in [0.05, 0.1) is 23.7 Å². The second-order valence-electron chi connectivity index (χ2n) is 8.02. The summed E-state index contributed by atoms with van der Waals surface area (Å²) in [5, 5.41) is 0.840. The molecule has 4 rings (SSSR count). The Labute approximate surface area is 199 Å². The Balaban J connectivity index is 0.00000272. The van der Waals surface area contributed by atoms with Crippen LogP contribution in [0.1, 0.15) is 35.7 Å². The number of halogens is 3. The second kappa shape index (κ2) is 10.3. The zero-order valence-electron chi connectivity index (χ0n) is 17.7. The molecule has 2 aliphatic rings. The van der Waals surface area contributed by atoms with Crippen molar-refractivity contribution in [3.05, 3.63) is 51.5 Å². The van der Waals surface area contributed by atoms with Gasteiger partial charge in [-0.25, -0.2) is 0 Å². The van der Waals surface area contributed by atoms with E-state index in [1.54, 1.807) is 24.1 Å². The van der Waals surface area contributed by atoms with Crippen LogP contribution in [0.25, 0.3) is 0 Å². The van der Waals surface area contributed by atoms with Crippen LogP contribution in [0.2, 0.25) is 10.0 Å². The quantitative estimate of drug-likeness (QED) is 0.527. The molecule has 168 valence electrons. The maximum atomic E-state index is 12.9. The van der Waals surface area contributed by atoms with Crippen LogP contribution in [-0.4, -0.2) is 44.2 Å². The molecular weight excluding hydrogens is 459 g/mol. The summed E-state index contributed by atoms with van der Waals surface area (Å²) in [6, 6.07) is 8.97. The molecule has 0 saturated carbocycles. The monoisotopic (exact) mass is 484 g/mol. The molecule has 0 bridgehead atoms. The highest BCUT2D eigenvalue weighted by atomic mass is 35.5. The van der Waals surface area contributed by atoms with E-state index < -0.39 is 0 Å². The summed E-state index contributed by atoms with van der Waals surface area (Å²) < 4.78 is 11.5. The molecule has 8 heteroatoms. The predicted octanol–water partition coefficient (Wildman–Crippen LogP) is 5.69. The first kappa shape index (κ1) is 24.0. The molecule has 0 radical (unpaired) electrons. The minimum absolute atomic E-state index is 0. The Morgan fingerprint density at radius 1 is 1.06 bits per heavy atom. The Morgan fingerprint density at radius 2 is 1.77 bits per heavy atom. The number of nitrogens with zero attached hydrogens (tertiary/aromatic N) is 2. The standard InChI is InChI=1S/C23H26Cl2N2O3.ClH/c1-15-5-7-26(8-6-15)9-10-30-22-12-17(3-4-21(22)29-2)27-14-16-11-19(24)20(25)13-18(16)23(27)28;/h3-4,11-13,15H,5-10,14H2,1-2H3;1H. The van der Waals surface area contributed by atoms with Gasteiger partial charge in [0.25, 0.3) is 5.91 Å². The first-order valence-electron chi connectivity index (χ1n) is 10.3. The second-order valence-corrected chi connectivity index (χ2v) is 8.84. The number of amides is 1. The van der Waals surface area contributed by atoms with E-state index in [0.717, 1.165) is 36.8 Å². The van der Waals surface area contributed by atoms with Gasteiger partial charge in [0.1, 0.15) is 6.61 Å². The van der Waals surface area contributed by atoms with Crippen LogP contribution in [0, 0.1) is 5.92 Å². The summed E-state index contributed by atoms with van der Waals surface area (Å²) in [6.45, 7) is 6.45. The summed E-state index contributed by atoms with van der Waals surface area (Å²) >= 11 is 12.2. The highest BCUT2D eigenvalue weighted by molar-refractivity contribution is 6.42. The minimum Gasteiger partial charge on any atom is -0.493 e. The Morgan fingerprint density at radius 3 is 2.48 bits per heavy atom. The molecule has 0 unspecified atom stereocenters. The van der Waals surface area contributed by atoms with Crippen LogP contribution in [0.15, 0.2) is 30.3 Å². The number of benzene rings is 2. The normalized spacial score (nSPS) is 16.8. The van der Waals surface area contributed by atoms with Crippen molar-refractivity contribution in [2.24, 2.45) is 5.92 Å². The first-order valence-corrected chi connectivity index (χ1v) is 11.0. The third kappa shape index (κ3) is 5.23. The largest absolute Gasteiger partial charge is 0.493 e. The molecular formula is C23H27Cl3N2O3. The summed E-state index contributed by atoms with van der Waals surface area (Å²) in [4.78, 5) is 17.1. The molecule has 2 aromatic rings. The molecule has 1 fully saturated rings. The molecule has 0 aromatic heterocycles. The number of likely N-dealkylation sites (tertiary alicyclic amines) is 1. The topological polar surface area (TPSA) is 42.0 Å². The van der Waals surface area contributed by atoms with E-state index >= 15 is 0 Å². The van der Waals surface area contributed by atoms with Crippen molar-refractivity contribution in [3.63, 3.8) is 0 Å². The molecule has 0 spiro atoms. The van der Waals surface area contributed by atoms with Crippen molar-refractivity contribution in [1.29, 1.82) is 0 Å². The summed E-state index contributed by atoms with van der Waals surface area (Å²) in [5.74, 6) is 2.01. The number of hydrogen-bond acceptors (Lipinski definition) is 4. The van der Waals surface area contributed by atoms with E-state index in [1.807, 2.05) is 18.2 Å². The number of fused-ring (bicyclic) bond motifs is 1. The average Bonchev–Trinajstić information content (AvgIpc) is 3.05. The number of carbonyl (C=O) groups excluding carboxylic acids is 1. The lowest BCUT2D eigenvalue weighted by Gasteiger charge is -2.30. The highest BCUT2D eigenvalue weighted by Crippen LogP contribution is 2.37. The van der Waals surface area contributed by atoms with Gasteiger partial charge in [0, 0.05) is 23.9 Å². The molecule has 0 N–H and O–H groups in total. The maximum absolute atomic E-state index is 12.9. The van der Waals surface area contributed by atoms with Gasteiger partial charge >= 0.3 is 0 Å². The third-order valence-electron chi connectivity index (χ3n) is 5.95. The fourth-order valence-corrected chi connectivity index (χ4v) is 4.38. The average molecular weight is 486 g/mol. The number of hydrogen-bond donors (Lipinski definition) is 0. The molecule has 31 heavy (non-hydrogen) atoms. The highest BCUT2D eigenvalue weighted by Gasteiger charge is 2.30. The van der Waals surface area contributed by atoms with Crippen molar-refractivity contribution in [2.45, 2.75) is 26.3 Å². The van der Waals surface area contributed by atoms with Gasteiger partial charge in [-0.05, 0) is 61.7 Å². The fourth-order valence-electron chi connectivity index (χ4n) is 4.03. The Hall–Kier alpha value is -1.66. The zero-order valence-corrected chi connectivity index (χ0v) is 20.0. The van der Waals surface area contributed by atoms with E-state index in [9.17, 15) is 4.79 Å².